The van der Waals surface area contributed by atoms with Crippen LogP contribution in [0.25, 0.3) is 0 Å². The Morgan fingerprint density at radius 3 is 2.47 bits per heavy atom. The predicted molar refractivity (Wildman–Crippen MR) is 63.3 cm³/mol. The fourth-order valence-electron chi connectivity index (χ4n) is 2.12. The Kier molecular flexibility index (Phi) is 2.90. The van der Waals surface area contributed by atoms with Crippen LogP contribution < -0.4 is 9.47 Å². The van der Waals surface area contributed by atoms with Gasteiger partial charge in [0, 0.05) is 6.07 Å². The summed E-state index contributed by atoms with van der Waals surface area (Å²) in [6.07, 6.45) is 3.41. The van der Waals surface area contributed by atoms with E-state index in [2.05, 4.69) is 4.99 Å². The minimum Gasteiger partial charge on any atom is -0.497 e. The normalized spacial score (nSPS) is 15.9. The van der Waals surface area contributed by atoms with Crippen LogP contribution in [0, 0.1) is 6.92 Å². The van der Waals surface area contributed by atoms with Gasteiger partial charge >= 0.3 is 0 Å². The third-order valence-corrected chi connectivity index (χ3v) is 3.27. The van der Waals surface area contributed by atoms with Gasteiger partial charge in [-0.2, -0.15) is 4.99 Å². The lowest BCUT2D eigenvalue weighted by Gasteiger charge is -2.16. The molecule has 1 aliphatic carbocycles. The molecule has 0 heterocycles. The Labute approximate surface area is 100 Å². The molecule has 0 N–H and O–H groups in total. The van der Waals surface area contributed by atoms with Crippen LogP contribution in [0.15, 0.2) is 17.1 Å². The molecule has 0 amide bonds. The van der Waals surface area contributed by atoms with Gasteiger partial charge < -0.3 is 9.47 Å². The third-order valence-electron chi connectivity index (χ3n) is 3.27. The van der Waals surface area contributed by atoms with Gasteiger partial charge in [-0.05, 0) is 37.0 Å². The summed E-state index contributed by atoms with van der Waals surface area (Å²) in [5.74, 6) is 1.47. The van der Waals surface area contributed by atoms with E-state index in [1.807, 2.05) is 19.1 Å². The van der Waals surface area contributed by atoms with E-state index in [1.54, 1.807) is 20.3 Å². The fraction of sp³-hybridized carbons (Fsp3) is 0.462. The van der Waals surface area contributed by atoms with Crippen molar-refractivity contribution in [1.29, 1.82) is 0 Å². The number of nitrogens with zero attached hydrogens (tertiary/aromatic N) is 1. The van der Waals surface area contributed by atoms with E-state index in [0.717, 1.165) is 35.5 Å². The molecule has 17 heavy (non-hydrogen) atoms. The van der Waals surface area contributed by atoms with Gasteiger partial charge in [0.05, 0.1) is 19.8 Å². The molecule has 0 spiro atoms. The number of isocyanates is 1. The lowest BCUT2D eigenvalue weighted by atomic mass is 9.98. The summed E-state index contributed by atoms with van der Waals surface area (Å²) in [5.41, 5.74) is 1.61. The summed E-state index contributed by atoms with van der Waals surface area (Å²) in [5, 5.41) is 0. The number of rotatable bonds is 4. The van der Waals surface area contributed by atoms with Crippen LogP contribution in [0.3, 0.4) is 0 Å². The van der Waals surface area contributed by atoms with Crippen LogP contribution in [-0.2, 0) is 10.3 Å². The van der Waals surface area contributed by atoms with Crippen LogP contribution in [0.2, 0.25) is 0 Å². The summed E-state index contributed by atoms with van der Waals surface area (Å²) in [4.78, 5) is 14.4. The van der Waals surface area contributed by atoms with Crippen LogP contribution >= 0.6 is 0 Å². The predicted octanol–water partition coefficient (Wildman–Crippen LogP) is 2.34. The number of hydrogen-bond donors (Lipinski definition) is 0. The summed E-state index contributed by atoms with van der Waals surface area (Å²) >= 11 is 0. The van der Waals surface area contributed by atoms with E-state index in [4.69, 9.17) is 9.47 Å². The van der Waals surface area contributed by atoms with E-state index in [1.165, 1.54) is 0 Å². The Bertz CT molecular complexity index is 486. The Balaban J connectivity index is 2.56. The van der Waals surface area contributed by atoms with Gasteiger partial charge in [0.1, 0.15) is 11.5 Å². The summed E-state index contributed by atoms with van der Waals surface area (Å²) < 4.78 is 10.5. The first-order valence-corrected chi connectivity index (χ1v) is 5.49. The standard InChI is InChI=1S/C13H15NO3/c1-9-11(13(4-5-13)14-8-15)6-10(16-2)7-12(9)17-3/h6-7H,4-5H2,1-3H3. The molecule has 4 nitrogen and oxygen atoms in total. The van der Waals surface area contributed by atoms with Crippen molar-refractivity contribution in [2.75, 3.05) is 14.2 Å². The fourth-order valence-corrected chi connectivity index (χ4v) is 2.12. The molecule has 1 aromatic rings. The molecule has 90 valence electrons. The molecule has 1 saturated carbocycles. The van der Waals surface area contributed by atoms with Crippen molar-refractivity contribution in [1.82, 2.24) is 0 Å². The molecule has 1 aliphatic rings. The maximum Gasteiger partial charge on any atom is 0.235 e. The summed E-state index contributed by atoms with van der Waals surface area (Å²) in [6, 6.07) is 3.76. The molecule has 2 rings (SSSR count). The number of benzene rings is 1. The van der Waals surface area contributed by atoms with Crippen LogP contribution in [0.5, 0.6) is 11.5 Å². The molecule has 0 saturated heterocycles. The van der Waals surface area contributed by atoms with Gasteiger partial charge in [-0.3, -0.25) is 0 Å². The first kappa shape index (κ1) is 11.7. The maximum atomic E-state index is 10.5. The highest BCUT2D eigenvalue weighted by molar-refractivity contribution is 5.52. The Morgan fingerprint density at radius 1 is 1.29 bits per heavy atom. The average molecular weight is 233 g/mol. The monoisotopic (exact) mass is 233 g/mol. The number of aliphatic imine (C=N–C) groups is 1. The number of carbonyl (C=O) groups excluding carboxylic acids is 1. The van der Waals surface area contributed by atoms with E-state index < -0.39 is 5.54 Å². The first-order valence-electron chi connectivity index (χ1n) is 5.49. The van der Waals surface area contributed by atoms with Crippen molar-refractivity contribution in [3.63, 3.8) is 0 Å². The zero-order chi connectivity index (χ0) is 12.5. The second-order valence-electron chi connectivity index (χ2n) is 4.24. The lowest BCUT2D eigenvalue weighted by molar-refractivity contribution is 0.390. The third kappa shape index (κ3) is 1.92. The minimum atomic E-state index is -0.395. The molecule has 0 bridgehead atoms. The van der Waals surface area contributed by atoms with E-state index >= 15 is 0 Å². The second-order valence-corrected chi connectivity index (χ2v) is 4.24. The first-order chi connectivity index (χ1) is 8.16. The van der Waals surface area contributed by atoms with Gasteiger partial charge in [0.2, 0.25) is 6.08 Å². The topological polar surface area (TPSA) is 47.9 Å². The van der Waals surface area contributed by atoms with Crippen LogP contribution in [0.1, 0.15) is 24.0 Å². The lowest BCUT2D eigenvalue weighted by Crippen LogP contribution is -2.07. The molecule has 0 unspecified atom stereocenters. The zero-order valence-electron chi connectivity index (χ0n) is 10.2. The van der Waals surface area contributed by atoms with Crippen LogP contribution in [0.4, 0.5) is 0 Å². The number of hydrogen-bond acceptors (Lipinski definition) is 4. The highest BCUT2D eigenvalue weighted by atomic mass is 16.5. The number of ether oxygens (including phenoxy) is 2. The largest absolute Gasteiger partial charge is 0.497 e. The van der Waals surface area contributed by atoms with E-state index in [-0.39, 0.29) is 0 Å². The van der Waals surface area contributed by atoms with E-state index in [0.29, 0.717) is 0 Å². The highest BCUT2D eigenvalue weighted by Gasteiger charge is 2.46. The maximum absolute atomic E-state index is 10.5. The van der Waals surface area contributed by atoms with Gasteiger partial charge in [-0.15, -0.1) is 0 Å². The molecular weight excluding hydrogens is 218 g/mol. The molecule has 4 heteroatoms. The average Bonchev–Trinajstić information content (AvgIpc) is 3.10. The van der Waals surface area contributed by atoms with Gasteiger partial charge in [0.25, 0.3) is 0 Å². The van der Waals surface area contributed by atoms with Crippen molar-refractivity contribution in [3.8, 4) is 11.5 Å². The highest BCUT2D eigenvalue weighted by Crippen LogP contribution is 2.52. The van der Waals surface area contributed by atoms with Gasteiger partial charge in [-0.25, -0.2) is 4.79 Å². The second kappa shape index (κ2) is 4.22. The van der Waals surface area contributed by atoms with Crippen molar-refractivity contribution in [2.45, 2.75) is 25.3 Å². The van der Waals surface area contributed by atoms with Crippen LogP contribution in [-0.4, -0.2) is 20.3 Å². The molecular formula is C13H15NO3. The van der Waals surface area contributed by atoms with Crippen molar-refractivity contribution < 1.29 is 14.3 Å². The molecule has 0 radical (unpaired) electrons. The Morgan fingerprint density at radius 2 is 2.00 bits per heavy atom. The Hall–Kier alpha value is -1.80. The summed E-state index contributed by atoms with van der Waals surface area (Å²) in [7, 11) is 3.23. The quantitative estimate of drug-likeness (QED) is 0.592. The molecule has 0 aromatic heterocycles. The van der Waals surface area contributed by atoms with Crippen molar-refractivity contribution in [3.05, 3.63) is 23.3 Å². The minimum absolute atomic E-state index is 0.395. The smallest absolute Gasteiger partial charge is 0.235 e. The van der Waals surface area contributed by atoms with Gasteiger partial charge in [-0.1, -0.05) is 0 Å². The molecule has 1 aromatic carbocycles. The van der Waals surface area contributed by atoms with Crippen molar-refractivity contribution >= 4 is 6.08 Å². The molecule has 0 atom stereocenters. The van der Waals surface area contributed by atoms with Gasteiger partial charge in [0.15, 0.2) is 0 Å². The van der Waals surface area contributed by atoms with E-state index in [9.17, 15) is 4.79 Å². The summed E-state index contributed by atoms with van der Waals surface area (Å²) in [6.45, 7) is 1.97. The zero-order valence-corrected chi connectivity index (χ0v) is 10.2. The molecule has 0 aliphatic heterocycles. The molecule has 1 fully saturated rings. The van der Waals surface area contributed by atoms with Crippen molar-refractivity contribution in [2.24, 2.45) is 4.99 Å². The number of methoxy groups -OCH3 is 2. The SMILES string of the molecule is COc1cc(OC)c(C)c(C2(N=C=O)CC2)c1.